The molecule has 0 saturated carbocycles. The van der Waals surface area contributed by atoms with Crippen LogP contribution in [-0.4, -0.2) is 28.1 Å². The second kappa shape index (κ2) is 5.75. The SMILES string of the molecule is COc1cc(C)nc(NC(=O)c2cc(O)ccc2Cl)n1. The zero-order chi connectivity index (χ0) is 14.7. The van der Waals surface area contributed by atoms with Crippen LogP contribution >= 0.6 is 11.6 Å². The van der Waals surface area contributed by atoms with E-state index in [1.54, 1.807) is 13.0 Å². The van der Waals surface area contributed by atoms with Crippen molar-refractivity contribution >= 4 is 23.5 Å². The molecule has 0 saturated heterocycles. The van der Waals surface area contributed by atoms with Gasteiger partial charge in [-0.25, -0.2) is 4.98 Å². The van der Waals surface area contributed by atoms with Crippen molar-refractivity contribution in [3.8, 4) is 11.6 Å². The van der Waals surface area contributed by atoms with Gasteiger partial charge in [-0.3, -0.25) is 10.1 Å². The van der Waals surface area contributed by atoms with E-state index < -0.39 is 5.91 Å². The molecule has 0 bridgehead atoms. The van der Waals surface area contributed by atoms with Crippen LogP contribution in [0.1, 0.15) is 16.1 Å². The first-order valence-corrected chi connectivity index (χ1v) is 6.07. The van der Waals surface area contributed by atoms with Crippen molar-refractivity contribution in [1.82, 2.24) is 9.97 Å². The molecule has 2 rings (SSSR count). The third kappa shape index (κ3) is 3.16. The van der Waals surface area contributed by atoms with Crippen molar-refractivity contribution in [2.75, 3.05) is 12.4 Å². The number of benzene rings is 1. The third-order valence-corrected chi connectivity index (χ3v) is 2.79. The van der Waals surface area contributed by atoms with Crippen LogP contribution < -0.4 is 10.1 Å². The number of hydrogen-bond donors (Lipinski definition) is 2. The van der Waals surface area contributed by atoms with Gasteiger partial charge in [0.1, 0.15) is 5.75 Å². The van der Waals surface area contributed by atoms with Crippen LogP contribution in [0.2, 0.25) is 5.02 Å². The van der Waals surface area contributed by atoms with Gasteiger partial charge in [-0.05, 0) is 25.1 Å². The summed E-state index contributed by atoms with van der Waals surface area (Å²) in [6.07, 6.45) is 0. The number of phenols is 1. The Morgan fingerprint density at radius 2 is 2.10 bits per heavy atom. The Morgan fingerprint density at radius 3 is 2.80 bits per heavy atom. The van der Waals surface area contributed by atoms with E-state index in [-0.39, 0.29) is 22.3 Å². The fourth-order valence-electron chi connectivity index (χ4n) is 1.56. The molecule has 20 heavy (non-hydrogen) atoms. The Hall–Kier alpha value is -2.34. The summed E-state index contributed by atoms with van der Waals surface area (Å²) in [6.45, 7) is 1.75. The van der Waals surface area contributed by atoms with Gasteiger partial charge in [-0.2, -0.15) is 4.98 Å². The van der Waals surface area contributed by atoms with E-state index in [4.69, 9.17) is 16.3 Å². The van der Waals surface area contributed by atoms with E-state index in [0.29, 0.717) is 11.6 Å². The summed E-state index contributed by atoms with van der Waals surface area (Å²) in [6, 6.07) is 5.73. The summed E-state index contributed by atoms with van der Waals surface area (Å²) in [5.74, 6) is -0.123. The molecule has 7 heteroatoms. The largest absolute Gasteiger partial charge is 0.508 e. The van der Waals surface area contributed by atoms with Gasteiger partial charge < -0.3 is 9.84 Å². The predicted octanol–water partition coefficient (Wildman–Crippen LogP) is 2.40. The minimum absolute atomic E-state index is 0.0534. The maximum Gasteiger partial charge on any atom is 0.259 e. The number of rotatable bonds is 3. The van der Waals surface area contributed by atoms with Crippen LogP contribution in [-0.2, 0) is 0 Å². The molecular weight excluding hydrogens is 282 g/mol. The summed E-state index contributed by atoms with van der Waals surface area (Å²) in [5.41, 5.74) is 0.782. The summed E-state index contributed by atoms with van der Waals surface area (Å²) in [4.78, 5) is 20.1. The lowest BCUT2D eigenvalue weighted by Crippen LogP contribution is -2.15. The van der Waals surface area contributed by atoms with Crippen LogP contribution in [0.3, 0.4) is 0 Å². The summed E-state index contributed by atoms with van der Waals surface area (Å²) in [5, 5.41) is 12.1. The number of aryl methyl sites for hydroxylation is 1. The van der Waals surface area contributed by atoms with Gasteiger partial charge in [-0.15, -0.1) is 0 Å². The third-order valence-electron chi connectivity index (χ3n) is 2.46. The van der Waals surface area contributed by atoms with Gasteiger partial charge in [0.05, 0.1) is 17.7 Å². The summed E-state index contributed by atoms with van der Waals surface area (Å²) < 4.78 is 5.00. The second-order valence-electron chi connectivity index (χ2n) is 3.99. The lowest BCUT2D eigenvalue weighted by Gasteiger charge is -2.08. The number of aromatic nitrogens is 2. The van der Waals surface area contributed by atoms with E-state index in [2.05, 4.69) is 15.3 Å². The number of carbonyl (C=O) groups is 1. The Kier molecular flexibility index (Phi) is 4.05. The maximum absolute atomic E-state index is 12.1. The average Bonchev–Trinajstić information content (AvgIpc) is 2.40. The molecule has 1 heterocycles. The summed E-state index contributed by atoms with van der Waals surface area (Å²) >= 11 is 5.91. The van der Waals surface area contributed by atoms with Crippen LogP contribution in [0.15, 0.2) is 24.3 Å². The Morgan fingerprint density at radius 1 is 1.35 bits per heavy atom. The molecule has 0 unspecified atom stereocenters. The van der Waals surface area contributed by atoms with Gasteiger partial charge in [0, 0.05) is 11.8 Å². The molecule has 104 valence electrons. The number of methoxy groups -OCH3 is 1. The van der Waals surface area contributed by atoms with Crippen LogP contribution in [0, 0.1) is 6.92 Å². The van der Waals surface area contributed by atoms with Crippen LogP contribution in [0.4, 0.5) is 5.95 Å². The number of halogens is 1. The first-order chi connectivity index (χ1) is 9.49. The average molecular weight is 294 g/mol. The minimum atomic E-state index is -0.515. The highest BCUT2D eigenvalue weighted by molar-refractivity contribution is 6.34. The van der Waals surface area contributed by atoms with E-state index in [9.17, 15) is 9.90 Å². The van der Waals surface area contributed by atoms with E-state index in [1.165, 1.54) is 25.3 Å². The summed E-state index contributed by atoms with van der Waals surface area (Å²) in [7, 11) is 1.47. The molecule has 0 fully saturated rings. The fraction of sp³-hybridized carbons (Fsp3) is 0.154. The number of ether oxygens (including phenoxy) is 1. The van der Waals surface area contributed by atoms with Crippen molar-refractivity contribution in [3.05, 3.63) is 40.5 Å². The molecule has 0 radical (unpaired) electrons. The standard InChI is InChI=1S/C13H12ClN3O3/c1-7-5-11(20-2)16-13(15-7)17-12(19)9-6-8(18)3-4-10(9)14/h3-6,18H,1-2H3,(H,15,16,17,19). The first kappa shape index (κ1) is 14.1. The Bertz CT molecular complexity index is 661. The minimum Gasteiger partial charge on any atom is -0.508 e. The number of amides is 1. The topological polar surface area (TPSA) is 84.3 Å². The molecule has 2 aromatic rings. The van der Waals surface area contributed by atoms with Gasteiger partial charge in [0.2, 0.25) is 11.8 Å². The molecule has 6 nitrogen and oxygen atoms in total. The number of nitrogens with one attached hydrogen (secondary N) is 1. The van der Waals surface area contributed by atoms with Crippen LogP contribution in [0.25, 0.3) is 0 Å². The van der Waals surface area contributed by atoms with E-state index in [0.717, 1.165) is 0 Å². The number of hydrogen-bond acceptors (Lipinski definition) is 5. The molecule has 1 aromatic carbocycles. The first-order valence-electron chi connectivity index (χ1n) is 5.69. The van der Waals surface area contributed by atoms with E-state index >= 15 is 0 Å². The molecule has 0 aliphatic carbocycles. The number of phenolic OH excluding ortho intramolecular Hbond substituents is 1. The van der Waals surface area contributed by atoms with Crippen molar-refractivity contribution in [1.29, 1.82) is 0 Å². The number of nitrogens with zero attached hydrogens (tertiary/aromatic N) is 2. The zero-order valence-electron chi connectivity index (χ0n) is 10.8. The highest BCUT2D eigenvalue weighted by Crippen LogP contribution is 2.22. The molecule has 0 aliphatic heterocycles. The molecule has 1 aromatic heterocycles. The van der Waals surface area contributed by atoms with Crippen molar-refractivity contribution in [2.24, 2.45) is 0 Å². The Balaban J connectivity index is 2.27. The normalized spacial score (nSPS) is 10.2. The molecular formula is C13H12ClN3O3. The lowest BCUT2D eigenvalue weighted by atomic mass is 10.2. The number of aromatic hydroxyl groups is 1. The van der Waals surface area contributed by atoms with Crippen molar-refractivity contribution < 1.29 is 14.6 Å². The fourth-order valence-corrected chi connectivity index (χ4v) is 1.76. The maximum atomic E-state index is 12.1. The monoisotopic (exact) mass is 293 g/mol. The van der Waals surface area contributed by atoms with Gasteiger partial charge in [-0.1, -0.05) is 11.6 Å². The molecule has 0 spiro atoms. The number of anilines is 1. The smallest absolute Gasteiger partial charge is 0.259 e. The highest BCUT2D eigenvalue weighted by atomic mass is 35.5. The van der Waals surface area contributed by atoms with Gasteiger partial charge >= 0.3 is 0 Å². The Labute approximate surface area is 120 Å². The predicted molar refractivity (Wildman–Crippen MR) is 74.4 cm³/mol. The molecule has 2 N–H and O–H groups in total. The van der Waals surface area contributed by atoms with Crippen molar-refractivity contribution in [2.45, 2.75) is 6.92 Å². The molecule has 0 aliphatic rings. The van der Waals surface area contributed by atoms with Gasteiger partial charge in [0.15, 0.2) is 0 Å². The highest BCUT2D eigenvalue weighted by Gasteiger charge is 2.13. The van der Waals surface area contributed by atoms with Crippen LogP contribution in [0.5, 0.6) is 11.6 Å². The second-order valence-corrected chi connectivity index (χ2v) is 4.40. The van der Waals surface area contributed by atoms with Gasteiger partial charge in [0.25, 0.3) is 5.91 Å². The number of carbonyl (C=O) groups excluding carboxylic acids is 1. The van der Waals surface area contributed by atoms with E-state index in [1.807, 2.05) is 0 Å². The lowest BCUT2D eigenvalue weighted by molar-refractivity contribution is 0.102. The van der Waals surface area contributed by atoms with Crippen molar-refractivity contribution in [3.63, 3.8) is 0 Å². The molecule has 1 amide bonds. The molecule has 0 atom stereocenters. The quantitative estimate of drug-likeness (QED) is 0.908. The zero-order valence-corrected chi connectivity index (χ0v) is 11.6.